The smallest absolute Gasteiger partial charge is 0.225 e. The van der Waals surface area contributed by atoms with E-state index >= 15 is 0 Å². The van der Waals surface area contributed by atoms with Gasteiger partial charge in [-0.05, 0) is 30.5 Å². The summed E-state index contributed by atoms with van der Waals surface area (Å²) in [5, 5.41) is 1.04. The maximum Gasteiger partial charge on any atom is 0.225 e. The standard InChI is InChI=1S/C20H21N3OS/c21-15(14-7-2-1-3-8-14)13-19(24)23-12-6-10-17(23)20-22-16-9-4-5-11-18(16)25-20/h1-5,7-9,11,15,17H,6,10,12-13,21H2. The van der Waals surface area contributed by atoms with Crippen LogP contribution in [0.25, 0.3) is 10.2 Å². The van der Waals surface area contributed by atoms with Crippen molar-refractivity contribution in [3.63, 3.8) is 0 Å². The Kier molecular flexibility index (Phi) is 4.51. The van der Waals surface area contributed by atoms with Crippen LogP contribution in [-0.4, -0.2) is 22.3 Å². The minimum atomic E-state index is -0.259. The molecule has 0 aliphatic carbocycles. The van der Waals surface area contributed by atoms with Crippen LogP contribution in [0.2, 0.25) is 0 Å². The number of para-hydroxylation sites is 1. The molecule has 128 valence electrons. The van der Waals surface area contributed by atoms with E-state index in [0.29, 0.717) is 6.42 Å². The average molecular weight is 351 g/mol. The molecule has 0 bridgehead atoms. The first-order valence-electron chi connectivity index (χ1n) is 8.68. The summed E-state index contributed by atoms with van der Waals surface area (Å²) >= 11 is 1.69. The van der Waals surface area contributed by atoms with Gasteiger partial charge in [0.1, 0.15) is 5.01 Å². The number of nitrogens with two attached hydrogens (primary N) is 1. The zero-order valence-electron chi connectivity index (χ0n) is 14.0. The Hall–Kier alpha value is -2.24. The van der Waals surface area contributed by atoms with Crippen LogP contribution in [0.4, 0.5) is 0 Å². The van der Waals surface area contributed by atoms with Gasteiger partial charge >= 0.3 is 0 Å². The van der Waals surface area contributed by atoms with Gasteiger partial charge in [-0.2, -0.15) is 0 Å². The van der Waals surface area contributed by atoms with Crippen molar-refractivity contribution in [1.82, 2.24) is 9.88 Å². The highest BCUT2D eigenvalue weighted by Gasteiger charge is 2.32. The quantitative estimate of drug-likeness (QED) is 0.771. The van der Waals surface area contributed by atoms with Crippen LogP contribution in [0.3, 0.4) is 0 Å². The maximum absolute atomic E-state index is 12.9. The van der Waals surface area contributed by atoms with Gasteiger partial charge < -0.3 is 10.6 Å². The Morgan fingerprint density at radius 2 is 1.96 bits per heavy atom. The monoisotopic (exact) mass is 351 g/mol. The topological polar surface area (TPSA) is 59.2 Å². The summed E-state index contributed by atoms with van der Waals surface area (Å²) in [5.74, 6) is 0.123. The molecule has 1 saturated heterocycles. The lowest BCUT2D eigenvalue weighted by atomic mass is 10.0. The van der Waals surface area contributed by atoms with E-state index in [-0.39, 0.29) is 18.0 Å². The molecule has 0 saturated carbocycles. The van der Waals surface area contributed by atoms with Gasteiger partial charge in [0, 0.05) is 19.0 Å². The normalized spacial score (nSPS) is 18.6. The lowest BCUT2D eigenvalue weighted by molar-refractivity contribution is -0.132. The summed E-state index contributed by atoms with van der Waals surface area (Å²) in [5.41, 5.74) is 8.27. The van der Waals surface area contributed by atoms with Crippen molar-refractivity contribution in [2.45, 2.75) is 31.3 Å². The van der Waals surface area contributed by atoms with Gasteiger partial charge in [-0.1, -0.05) is 42.5 Å². The average Bonchev–Trinajstić information content (AvgIpc) is 3.28. The van der Waals surface area contributed by atoms with E-state index in [1.807, 2.05) is 53.4 Å². The Balaban J connectivity index is 1.51. The number of likely N-dealkylation sites (tertiary alicyclic amines) is 1. The highest BCUT2D eigenvalue weighted by atomic mass is 32.1. The van der Waals surface area contributed by atoms with E-state index in [9.17, 15) is 4.79 Å². The molecule has 2 N–H and O–H groups in total. The Morgan fingerprint density at radius 1 is 1.20 bits per heavy atom. The second kappa shape index (κ2) is 6.94. The summed E-state index contributed by atoms with van der Waals surface area (Å²) in [6, 6.07) is 17.8. The van der Waals surface area contributed by atoms with E-state index in [1.165, 1.54) is 4.70 Å². The summed E-state index contributed by atoms with van der Waals surface area (Å²) in [6.07, 6.45) is 2.34. The molecule has 25 heavy (non-hydrogen) atoms. The van der Waals surface area contributed by atoms with E-state index in [2.05, 4.69) is 6.07 Å². The van der Waals surface area contributed by atoms with Crippen molar-refractivity contribution < 1.29 is 4.79 Å². The molecule has 0 spiro atoms. The number of hydrogen-bond acceptors (Lipinski definition) is 4. The minimum absolute atomic E-state index is 0.0906. The summed E-state index contributed by atoms with van der Waals surface area (Å²) in [7, 11) is 0. The van der Waals surface area contributed by atoms with Gasteiger partial charge in [-0.25, -0.2) is 4.98 Å². The first-order valence-corrected chi connectivity index (χ1v) is 9.49. The first-order chi connectivity index (χ1) is 12.2. The lowest BCUT2D eigenvalue weighted by Crippen LogP contribution is -2.32. The third kappa shape index (κ3) is 3.30. The zero-order valence-corrected chi connectivity index (χ0v) is 14.8. The van der Waals surface area contributed by atoms with Gasteiger partial charge in [0.05, 0.1) is 16.3 Å². The van der Waals surface area contributed by atoms with Crippen molar-refractivity contribution in [1.29, 1.82) is 0 Å². The number of hydrogen-bond donors (Lipinski definition) is 1. The molecule has 1 aromatic heterocycles. The van der Waals surface area contributed by atoms with Crippen molar-refractivity contribution >= 4 is 27.5 Å². The maximum atomic E-state index is 12.9. The highest BCUT2D eigenvalue weighted by molar-refractivity contribution is 7.18. The Morgan fingerprint density at radius 3 is 2.76 bits per heavy atom. The largest absolute Gasteiger partial charge is 0.333 e. The summed E-state index contributed by atoms with van der Waals surface area (Å²) in [4.78, 5) is 19.6. The molecule has 5 heteroatoms. The summed E-state index contributed by atoms with van der Waals surface area (Å²) in [6.45, 7) is 0.793. The molecule has 2 unspecified atom stereocenters. The molecule has 2 aromatic carbocycles. The van der Waals surface area contributed by atoms with E-state index in [0.717, 1.165) is 35.5 Å². The lowest BCUT2D eigenvalue weighted by Gasteiger charge is -2.24. The fourth-order valence-corrected chi connectivity index (χ4v) is 4.59. The third-order valence-electron chi connectivity index (χ3n) is 4.79. The first kappa shape index (κ1) is 16.2. The Labute approximate surface area is 151 Å². The molecule has 4 nitrogen and oxygen atoms in total. The van der Waals surface area contributed by atoms with E-state index in [1.54, 1.807) is 11.3 Å². The molecular weight excluding hydrogens is 330 g/mol. The van der Waals surface area contributed by atoms with Crippen LogP contribution in [0.1, 0.15) is 41.9 Å². The van der Waals surface area contributed by atoms with Crippen molar-refractivity contribution in [3.05, 3.63) is 65.2 Å². The number of aromatic nitrogens is 1. The molecule has 1 fully saturated rings. The van der Waals surface area contributed by atoms with E-state index < -0.39 is 0 Å². The number of nitrogens with zero attached hydrogens (tertiary/aromatic N) is 2. The number of fused-ring (bicyclic) bond motifs is 1. The Bertz CT molecular complexity index is 844. The molecule has 2 atom stereocenters. The van der Waals surface area contributed by atoms with Crippen LogP contribution in [0, 0.1) is 0 Å². The van der Waals surface area contributed by atoms with Crippen molar-refractivity contribution in [3.8, 4) is 0 Å². The second-order valence-corrected chi connectivity index (χ2v) is 7.55. The molecule has 2 heterocycles. The SMILES string of the molecule is NC(CC(=O)N1CCCC1c1nc2ccccc2s1)c1ccccc1. The van der Waals surface area contributed by atoms with Crippen LogP contribution < -0.4 is 5.73 Å². The van der Waals surface area contributed by atoms with Crippen LogP contribution >= 0.6 is 11.3 Å². The van der Waals surface area contributed by atoms with Crippen molar-refractivity contribution in [2.75, 3.05) is 6.54 Å². The van der Waals surface area contributed by atoms with Crippen LogP contribution in [-0.2, 0) is 4.79 Å². The molecule has 3 aromatic rings. The fraction of sp³-hybridized carbons (Fsp3) is 0.300. The predicted molar refractivity (Wildman–Crippen MR) is 101 cm³/mol. The highest BCUT2D eigenvalue weighted by Crippen LogP contribution is 2.37. The van der Waals surface area contributed by atoms with E-state index in [4.69, 9.17) is 10.7 Å². The molecular formula is C20H21N3OS. The zero-order chi connectivity index (χ0) is 17.2. The predicted octanol–water partition coefficient (Wildman–Crippen LogP) is 4.05. The molecule has 1 aliphatic heterocycles. The molecule has 4 rings (SSSR count). The van der Waals surface area contributed by atoms with Gasteiger partial charge in [-0.3, -0.25) is 4.79 Å². The number of carbonyl (C=O) groups excluding carboxylic acids is 1. The van der Waals surface area contributed by atoms with Gasteiger partial charge in [0.2, 0.25) is 5.91 Å². The van der Waals surface area contributed by atoms with Crippen LogP contribution in [0.5, 0.6) is 0 Å². The third-order valence-corrected chi connectivity index (χ3v) is 5.93. The fourth-order valence-electron chi connectivity index (χ4n) is 3.48. The summed E-state index contributed by atoms with van der Waals surface area (Å²) < 4.78 is 1.18. The molecule has 1 amide bonds. The van der Waals surface area contributed by atoms with Crippen molar-refractivity contribution in [2.24, 2.45) is 5.73 Å². The molecule has 0 radical (unpaired) electrons. The van der Waals surface area contributed by atoms with Gasteiger partial charge in [-0.15, -0.1) is 11.3 Å². The number of benzene rings is 2. The molecule has 1 aliphatic rings. The van der Waals surface area contributed by atoms with Gasteiger partial charge in [0.15, 0.2) is 0 Å². The number of thiazole rings is 1. The number of rotatable bonds is 4. The second-order valence-electron chi connectivity index (χ2n) is 6.49. The number of amides is 1. The van der Waals surface area contributed by atoms with Gasteiger partial charge in [0.25, 0.3) is 0 Å². The minimum Gasteiger partial charge on any atom is -0.333 e. The van der Waals surface area contributed by atoms with Crippen LogP contribution in [0.15, 0.2) is 54.6 Å². The number of carbonyl (C=O) groups is 1.